The van der Waals surface area contributed by atoms with Crippen molar-refractivity contribution in [2.75, 3.05) is 12.4 Å². The molecule has 3 aromatic carbocycles. The van der Waals surface area contributed by atoms with Gasteiger partial charge in [0.2, 0.25) is 5.43 Å². The van der Waals surface area contributed by atoms with Crippen LogP contribution in [0, 0.1) is 13.8 Å². The highest BCUT2D eigenvalue weighted by Gasteiger charge is 2.14. The molecule has 1 N–H and O–H groups in total. The highest BCUT2D eigenvalue weighted by atomic mass is 16.5. The Balaban J connectivity index is 1.77. The van der Waals surface area contributed by atoms with Crippen molar-refractivity contribution in [3.63, 3.8) is 0 Å². The SMILES string of the molecule is COc1ccccc1C(=O)Nc1ccc2c(=O)c3cc(C)c(C)cc3oc2c1. The Kier molecular flexibility index (Phi) is 4.35. The van der Waals surface area contributed by atoms with E-state index in [-0.39, 0.29) is 11.3 Å². The van der Waals surface area contributed by atoms with Crippen molar-refractivity contribution < 1.29 is 13.9 Å². The molecule has 0 unspecified atom stereocenters. The van der Waals surface area contributed by atoms with Crippen LogP contribution in [0.3, 0.4) is 0 Å². The van der Waals surface area contributed by atoms with E-state index >= 15 is 0 Å². The summed E-state index contributed by atoms with van der Waals surface area (Å²) in [5.74, 6) is 0.190. The fourth-order valence-electron chi connectivity index (χ4n) is 3.22. The van der Waals surface area contributed by atoms with Gasteiger partial charge >= 0.3 is 0 Å². The molecule has 5 nitrogen and oxygen atoms in total. The Morgan fingerprint density at radius 1 is 0.929 bits per heavy atom. The van der Waals surface area contributed by atoms with E-state index in [1.165, 1.54) is 7.11 Å². The van der Waals surface area contributed by atoms with E-state index < -0.39 is 0 Å². The molecule has 0 saturated heterocycles. The molecule has 0 radical (unpaired) electrons. The number of benzene rings is 3. The fourth-order valence-corrected chi connectivity index (χ4v) is 3.22. The predicted octanol–water partition coefficient (Wildman–Crippen LogP) is 4.82. The van der Waals surface area contributed by atoms with Crippen LogP contribution in [-0.4, -0.2) is 13.0 Å². The van der Waals surface area contributed by atoms with Crippen LogP contribution in [0.5, 0.6) is 5.75 Å². The average molecular weight is 373 g/mol. The van der Waals surface area contributed by atoms with Crippen LogP contribution in [0.4, 0.5) is 5.69 Å². The van der Waals surface area contributed by atoms with E-state index in [1.807, 2.05) is 26.0 Å². The highest BCUT2D eigenvalue weighted by Crippen LogP contribution is 2.25. The molecule has 0 saturated carbocycles. The second-order valence-electron chi connectivity index (χ2n) is 6.73. The average Bonchev–Trinajstić information content (AvgIpc) is 2.69. The maximum atomic E-state index is 12.8. The van der Waals surface area contributed by atoms with Gasteiger partial charge in [0.25, 0.3) is 5.91 Å². The van der Waals surface area contributed by atoms with Crippen molar-refractivity contribution in [2.24, 2.45) is 0 Å². The summed E-state index contributed by atoms with van der Waals surface area (Å²) in [5.41, 5.74) is 3.94. The second-order valence-corrected chi connectivity index (χ2v) is 6.73. The summed E-state index contributed by atoms with van der Waals surface area (Å²) in [6, 6.07) is 15.7. The zero-order chi connectivity index (χ0) is 19.8. The minimum absolute atomic E-state index is 0.0815. The number of carbonyl (C=O) groups excluding carboxylic acids is 1. The summed E-state index contributed by atoms with van der Waals surface area (Å²) in [4.78, 5) is 25.4. The maximum absolute atomic E-state index is 12.8. The molecule has 0 atom stereocenters. The maximum Gasteiger partial charge on any atom is 0.259 e. The molecule has 4 aromatic rings. The van der Waals surface area contributed by atoms with E-state index in [4.69, 9.17) is 9.15 Å². The molecule has 0 aliphatic heterocycles. The van der Waals surface area contributed by atoms with E-state index in [0.29, 0.717) is 38.9 Å². The number of carbonyl (C=O) groups is 1. The molecule has 1 aromatic heterocycles. The molecule has 1 heterocycles. The molecule has 0 aliphatic carbocycles. The second kappa shape index (κ2) is 6.85. The zero-order valence-corrected chi connectivity index (χ0v) is 15.8. The van der Waals surface area contributed by atoms with Gasteiger partial charge in [-0.3, -0.25) is 9.59 Å². The monoisotopic (exact) mass is 373 g/mol. The molecular weight excluding hydrogens is 354 g/mol. The van der Waals surface area contributed by atoms with Crippen LogP contribution in [0.2, 0.25) is 0 Å². The summed E-state index contributed by atoms with van der Waals surface area (Å²) in [7, 11) is 1.52. The molecular formula is C23H19NO4. The molecule has 0 spiro atoms. The number of methoxy groups -OCH3 is 1. The lowest BCUT2D eigenvalue weighted by Crippen LogP contribution is -2.13. The normalized spacial score (nSPS) is 11.0. The van der Waals surface area contributed by atoms with E-state index in [2.05, 4.69) is 5.32 Å². The molecule has 140 valence electrons. The minimum atomic E-state index is -0.300. The van der Waals surface area contributed by atoms with Crippen LogP contribution in [-0.2, 0) is 0 Å². The first-order chi connectivity index (χ1) is 13.5. The Hall–Kier alpha value is -3.60. The van der Waals surface area contributed by atoms with Crippen molar-refractivity contribution in [2.45, 2.75) is 13.8 Å². The number of para-hydroxylation sites is 1. The quantitative estimate of drug-likeness (QED) is 0.523. The molecule has 0 aliphatic rings. The zero-order valence-electron chi connectivity index (χ0n) is 15.8. The highest BCUT2D eigenvalue weighted by molar-refractivity contribution is 6.07. The molecule has 1 amide bonds. The van der Waals surface area contributed by atoms with Crippen LogP contribution < -0.4 is 15.5 Å². The lowest BCUT2D eigenvalue weighted by atomic mass is 10.1. The Morgan fingerprint density at radius 3 is 2.43 bits per heavy atom. The summed E-state index contributed by atoms with van der Waals surface area (Å²) in [6.07, 6.45) is 0. The first-order valence-corrected chi connectivity index (χ1v) is 8.90. The first-order valence-electron chi connectivity index (χ1n) is 8.90. The molecule has 0 bridgehead atoms. The standard InChI is InChI=1S/C23H19NO4/c1-13-10-18-20(11-14(13)2)28-21-12-15(8-9-16(21)22(18)25)24-23(26)17-6-4-5-7-19(17)27-3/h4-12H,1-3H3,(H,24,26). The van der Waals surface area contributed by atoms with Gasteiger partial charge in [-0.15, -0.1) is 0 Å². The van der Waals surface area contributed by atoms with Gasteiger partial charge in [-0.25, -0.2) is 0 Å². The number of fused-ring (bicyclic) bond motifs is 2. The number of anilines is 1. The number of hydrogen-bond donors (Lipinski definition) is 1. The third kappa shape index (κ3) is 3.01. The van der Waals surface area contributed by atoms with Crippen LogP contribution >= 0.6 is 0 Å². The number of aryl methyl sites for hydroxylation is 2. The van der Waals surface area contributed by atoms with Crippen LogP contribution in [0.1, 0.15) is 21.5 Å². The Labute approximate surface area is 161 Å². The number of hydrogen-bond acceptors (Lipinski definition) is 4. The topological polar surface area (TPSA) is 68.5 Å². The smallest absolute Gasteiger partial charge is 0.259 e. The Morgan fingerprint density at radius 2 is 1.64 bits per heavy atom. The first kappa shape index (κ1) is 17.8. The van der Waals surface area contributed by atoms with Crippen LogP contribution in [0.25, 0.3) is 21.9 Å². The van der Waals surface area contributed by atoms with Gasteiger partial charge in [0.1, 0.15) is 16.9 Å². The van der Waals surface area contributed by atoms with Gasteiger partial charge in [-0.05, 0) is 61.4 Å². The fraction of sp³-hybridized carbons (Fsp3) is 0.130. The third-order valence-corrected chi connectivity index (χ3v) is 4.90. The summed E-state index contributed by atoms with van der Waals surface area (Å²) in [5, 5.41) is 3.87. The minimum Gasteiger partial charge on any atom is -0.496 e. The summed E-state index contributed by atoms with van der Waals surface area (Å²) in [6.45, 7) is 3.94. The van der Waals surface area contributed by atoms with Crippen molar-refractivity contribution in [1.82, 2.24) is 0 Å². The van der Waals surface area contributed by atoms with Gasteiger partial charge < -0.3 is 14.5 Å². The van der Waals surface area contributed by atoms with Crippen LogP contribution in [0.15, 0.2) is 63.8 Å². The number of ether oxygens (including phenoxy) is 1. The predicted molar refractivity (Wildman–Crippen MR) is 110 cm³/mol. The van der Waals surface area contributed by atoms with Crippen molar-refractivity contribution >= 4 is 33.5 Å². The number of rotatable bonds is 3. The van der Waals surface area contributed by atoms with Crippen molar-refractivity contribution in [3.8, 4) is 5.75 Å². The summed E-state index contributed by atoms with van der Waals surface area (Å²) >= 11 is 0. The van der Waals surface area contributed by atoms with Crippen molar-refractivity contribution in [1.29, 1.82) is 0 Å². The third-order valence-electron chi connectivity index (χ3n) is 4.90. The molecule has 0 fully saturated rings. The van der Waals surface area contributed by atoms with Gasteiger partial charge in [-0.1, -0.05) is 12.1 Å². The van der Waals surface area contributed by atoms with E-state index in [9.17, 15) is 9.59 Å². The lowest BCUT2D eigenvalue weighted by Gasteiger charge is -2.10. The van der Waals surface area contributed by atoms with E-state index in [1.54, 1.807) is 42.5 Å². The summed E-state index contributed by atoms with van der Waals surface area (Å²) < 4.78 is 11.2. The Bertz CT molecular complexity index is 1290. The van der Waals surface area contributed by atoms with Gasteiger partial charge in [0, 0.05) is 11.8 Å². The lowest BCUT2D eigenvalue weighted by molar-refractivity contribution is 0.102. The van der Waals surface area contributed by atoms with Gasteiger partial charge in [0.15, 0.2) is 0 Å². The number of amides is 1. The van der Waals surface area contributed by atoms with Crippen molar-refractivity contribution in [3.05, 3.63) is 81.5 Å². The van der Waals surface area contributed by atoms with E-state index in [0.717, 1.165) is 11.1 Å². The molecule has 5 heteroatoms. The largest absolute Gasteiger partial charge is 0.496 e. The molecule has 28 heavy (non-hydrogen) atoms. The van der Waals surface area contributed by atoms with Gasteiger partial charge in [0.05, 0.1) is 23.4 Å². The molecule has 4 rings (SSSR count). The number of nitrogens with one attached hydrogen (secondary N) is 1. The van der Waals surface area contributed by atoms with Gasteiger partial charge in [-0.2, -0.15) is 0 Å².